The predicted octanol–water partition coefficient (Wildman–Crippen LogP) is 3.40. The summed E-state index contributed by atoms with van der Waals surface area (Å²) < 4.78 is 0.722. The molecule has 1 fully saturated rings. The van der Waals surface area contributed by atoms with Crippen LogP contribution in [0.15, 0.2) is 24.5 Å². The summed E-state index contributed by atoms with van der Waals surface area (Å²) in [6.45, 7) is 2.93. The summed E-state index contributed by atoms with van der Waals surface area (Å²) in [5, 5.41) is 4.28. The molecule has 6 heteroatoms. The maximum Gasteiger partial charge on any atom is 0.128 e. The van der Waals surface area contributed by atoms with Crippen LogP contribution in [-0.4, -0.2) is 23.1 Å². The average molecular weight is 295 g/mol. The molecule has 0 spiro atoms. The number of thiazole rings is 1. The number of pyridine rings is 1. The van der Waals surface area contributed by atoms with Crippen molar-refractivity contribution in [3.05, 3.63) is 33.9 Å². The second-order valence-corrected chi connectivity index (χ2v) is 6.26. The fourth-order valence-electron chi connectivity index (χ4n) is 2.17. The maximum atomic E-state index is 5.85. The molecule has 0 unspecified atom stereocenters. The van der Waals surface area contributed by atoms with Crippen molar-refractivity contribution in [1.82, 2.24) is 9.97 Å². The molecule has 0 atom stereocenters. The largest absolute Gasteiger partial charge is 0.377 e. The molecular formula is C13H15ClN4S. The molecule has 3 rings (SSSR count). The van der Waals surface area contributed by atoms with Crippen LogP contribution in [0.5, 0.6) is 0 Å². The lowest BCUT2D eigenvalue weighted by Gasteiger charge is -2.16. The van der Waals surface area contributed by atoms with E-state index in [1.807, 2.05) is 6.20 Å². The van der Waals surface area contributed by atoms with Crippen LogP contribution in [0.2, 0.25) is 4.34 Å². The number of hydrogen-bond donors (Lipinski definition) is 1. The van der Waals surface area contributed by atoms with E-state index >= 15 is 0 Å². The SMILES string of the molecule is Clc1cnc(CNc2ccc(N3CCCC3)nc2)s1. The number of halogens is 1. The van der Waals surface area contributed by atoms with E-state index < -0.39 is 0 Å². The highest BCUT2D eigenvalue weighted by molar-refractivity contribution is 7.15. The van der Waals surface area contributed by atoms with Crippen molar-refractivity contribution >= 4 is 34.4 Å². The minimum absolute atomic E-state index is 0.683. The van der Waals surface area contributed by atoms with Crippen molar-refractivity contribution in [2.24, 2.45) is 0 Å². The Morgan fingerprint density at radius 2 is 2.05 bits per heavy atom. The molecule has 1 aliphatic rings. The first-order valence-corrected chi connectivity index (χ1v) is 7.56. The van der Waals surface area contributed by atoms with Crippen molar-refractivity contribution in [3.8, 4) is 0 Å². The van der Waals surface area contributed by atoms with Gasteiger partial charge in [0.2, 0.25) is 0 Å². The van der Waals surface area contributed by atoms with E-state index in [1.165, 1.54) is 24.2 Å². The number of aromatic nitrogens is 2. The fourth-order valence-corrected chi connectivity index (χ4v) is 3.07. The van der Waals surface area contributed by atoms with Crippen LogP contribution >= 0.6 is 22.9 Å². The molecule has 100 valence electrons. The van der Waals surface area contributed by atoms with Gasteiger partial charge < -0.3 is 10.2 Å². The van der Waals surface area contributed by atoms with Gasteiger partial charge in [-0.25, -0.2) is 9.97 Å². The third-order valence-corrected chi connectivity index (χ3v) is 4.26. The zero-order valence-corrected chi connectivity index (χ0v) is 12.0. The Kier molecular flexibility index (Phi) is 3.84. The van der Waals surface area contributed by atoms with Crippen LogP contribution in [-0.2, 0) is 6.54 Å². The Hall–Kier alpha value is -1.33. The molecule has 0 saturated carbocycles. The van der Waals surface area contributed by atoms with E-state index in [4.69, 9.17) is 11.6 Å². The summed E-state index contributed by atoms with van der Waals surface area (Å²) in [5.41, 5.74) is 1.01. The number of hydrogen-bond acceptors (Lipinski definition) is 5. The van der Waals surface area contributed by atoms with Crippen molar-refractivity contribution in [2.75, 3.05) is 23.3 Å². The van der Waals surface area contributed by atoms with Gasteiger partial charge in [0.05, 0.1) is 24.6 Å². The molecule has 1 N–H and O–H groups in total. The van der Waals surface area contributed by atoms with Gasteiger partial charge in [0.15, 0.2) is 0 Å². The first kappa shape index (κ1) is 12.7. The smallest absolute Gasteiger partial charge is 0.128 e. The Bertz CT molecular complexity index is 534. The minimum Gasteiger partial charge on any atom is -0.377 e. The van der Waals surface area contributed by atoms with Crippen LogP contribution < -0.4 is 10.2 Å². The van der Waals surface area contributed by atoms with Crippen LogP contribution in [0.3, 0.4) is 0 Å². The normalized spacial score (nSPS) is 14.9. The highest BCUT2D eigenvalue weighted by atomic mass is 35.5. The van der Waals surface area contributed by atoms with E-state index in [2.05, 4.69) is 32.3 Å². The van der Waals surface area contributed by atoms with E-state index in [1.54, 1.807) is 6.20 Å². The van der Waals surface area contributed by atoms with Crippen LogP contribution in [0.1, 0.15) is 17.8 Å². The lowest BCUT2D eigenvalue weighted by atomic mass is 10.4. The van der Waals surface area contributed by atoms with Crippen molar-refractivity contribution in [2.45, 2.75) is 19.4 Å². The number of nitrogens with one attached hydrogen (secondary N) is 1. The molecule has 0 amide bonds. The third-order valence-electron chi connectivity index (χ3n) is 3.15. The maximum absolute atomic E-state index is 5.85. The predicted molar refractivity (Wildman–Crippen MR) is 80.1 cm³/mol. The minimum atomic E-state index is 0.683. The molecular weight excluding hydrogens is 280 g/mol. The van der Waals surface area contributed by atoms with E-state index in [9.17, 15) is 0 Å². The van der Waals surface area contributed by atoms with Crippen LogP contribution in [0, 0.1) is 0 Å². The van der Waals surface area contributed by atoms with Gasteiger partial charge in [-0.15, -0.1) is 11.3 Å². The Labute approximate surface area is 121 Å². The summed E-state index contributed by atoms with van der Waals surface area (Å²) >= 11 is 7.34. The number of rotatable bonds is 4. The van der Waals surface area contributed by atoms with E-state index in [0.717, 1.165) is 33.9 Å². The molecule has 4 nitrogen and oxygen atoms in total. The Balaban J connectivity index is 1.59. The first-order valence-electron chi connectivity index (χ1n) is 6.36. The van der Waals surface area contributed by atoms with Crippen LogP contribution in [0.4, 0.5) is 11.5 Å². The van der Waals surface area contributed by atoms with Gasteiger partial charge in [0, 0.05) is 13.1 Å². The second-order valence-electron chi connectivity index (χ2n) is 4.51. The first-order chi connectivity index (χ1) is 9.31. The van der Waals surface area contributed by atoms with Gasteiger partial charge in [0.25, 0.3) is 0 Å². The monoisotopic (exact) mass is 294 g/mol. The average Bonchev–Trinajstić information content (AvgIpc) is 3.08. The number of nitrogens with zero attached hydrogens (tertiary/aromatic N) is 3. The zero-order chi connectivity index (χ0) is 13.1. The lowest BCUT2D eigenvalue weighted by Crippen LogP contribution is -2.18. The summed E-state index contributed by atoms with van der Waals surface area (Å²) in [6.07, 6.45) is 6.10. The molecule has 3 heterocycles. The highest BCUT2D eigenvalue weighted by Gasteiger charge is 2.12. The molecule has 19 heavy (non-hydrogen) atoms. The standard InChI is InChI=1S/C13H15ClN4S/c14-11-8-17-13(19-11)9-15-10-3-4-12(16-7-10)18-5-1-2-6-18/h3-4,7-8,15H,1-2,5-6,9H2. The second kappa shape index (κ2) is 5.75. The van der Waals surface area contributed by atoms with Gasteiger partial charge in [-0.2, -0.15) is 0 Å². The molecule has 0 radical (unpaired) electrons. The van der Waals surface area contributed by atoms with Gasteiger partial charge in [-0.3, -0.25) is 0 Å². The third kappa shape index (κ3) is 3.16. The summed E-state index contributed by atoms with van der Waals surface area (Å²) in [6, 6.07) is 4.14. The molecule has 1 aliphatic heterocycles. The fraction of sp³-hybridized carbons (Fsp3) is 0.385. The Morgan fingerprint density at radius 1 is 1.21 bits per heavy atom. The molecule has 0 aromatic carbocycles. The quantitative estimate of drug-likeness (QED) is 0.938. The zero-order valence-electron chi connectivity index (χ0n) is 10.5. The molecule has 0 aliphatic carbocycles. The van der Waals surface area contributed by atoms with Gasteiger partial charge in [-0.05, 0) is 25.0 Å². The van der Waals surface area contributed by atoms with Gasteiger partial charge in [-0.1, -0.05) is 11.6 Å². The van der Waals surface area contributed by atoms with E-state index in [-0.39, 0.29) is 0 Å². The van der Waals surface area contributed by atoms with E-state index in [0.29, 0.717) is 6.54 Å². The summed E-state index contributed by atoms with van der Waals surface area (Å²) in [5.74, 6) is 1.07. The topological polar surface area (TPSA) is 41.1 Å². The highest BCUT2D eigenvalue weighted by Crippen LogP contribution is 2.21. The molecule has 2 aromatic rings. The summed E-state index contributed by atoms with van der Waals surface area (Å²) in [4.78, 5) is 11.0. The van der Waals surface area contributed by atoms with Crippen LogP contribution in [0.25, 0.3) is 0 Å². The van der Waals surface area contributed by atoms with Crippen molar-refractivity contribution in [1.29, 1.82) is 0 Å². The Morgan fingerprint density at radius 3 is 2.68 bits per heavy atom. The van der Waals surface area contributed by atoms with Gasteiger partial charge >= 0.3 is 0 Å². The lowest BCUT2D eigenvalue weighted by molar-refractivity contribution is 0.937. The number of anilines is 2. The molecule has 1 saturated heterocycles. The van der Waals surface area contributed by atoms with Gasteiger partial charge in [0.1, 0.15) is 15.2 Å². The van der Waals surface area contributed by atoms with Crippen molar-refractivity contribution in [3.63, 3.8) is 0 Å². The summed E-state index contributed by atoms with van der Waals surface area (Å²) in [7, 11) is 0. The molecule has 0 bridgehead atoms. The van der Waals surface area contributed by atoms with Crippen molar-refractivity contribution < 1.29 is 0 Å². The molecule has 2 aromatic heterocycles.